The van der Waals surface area contributed by atoms with Gasteiger partial charge in [0.1, 0.15) is 17.6 Å². The van der Waals surface area contributed by atoms with Gasteiger partial charge in [-0.25, -0.2) is 0 Å². The van der Waals surface area contributed by atoms with Crippen LogP contribution in [-0.4, -0.2) is 24.2 Å². The summed E-state index contributed by atoms with van der Waals surface area (Å²) in [6, 6.07) is 5.32. The Morgan fingerprint density at radius 3 is 2.57 bits per heavy atom. The molecule has 1 aliphatic rings. The molecule has 0 N–H and O–H groups in total. The van der Waals surface area contributed by atoms with Crippen molar-refractivity contribution < 1.29 is 32.2 Å². The quantitative estimate of drug-likeness (QED) is 0.684. The van der Waals surface area contributed by atoms with Crippen LogP contribution in [0, 0.1) is 0 Å². The summed E-state index contributed by atoms with van der Waals surface area (Å²) in [5, 5.41) is 0. The maximum absolute atomic E-state index is 12.1. The van der Waals surface area contributed by atoms with Gasteiger partial charge in [0.2, 0.25) is 0 Å². The minimum atomic E-state index is -4.76. The molecule has 126 valence electrons. The van der Waals surface area contributed by atoms with Crippen LogP contribution in [0.1, 0.15) is 37.7 Å². The van der Waals surface area contributed by atoms with Gasteiger partial charge in [-0.3, -0.25) is 9.59 Å². The van der Waals surface area contributed by atoms with Crippen molar-refractivity contribution in [1.29, 1.82) is 0 Å². The van der Waals surface area contributed by atoms with Crippen LogP contribution < -0.4 is 4.74 Å². The lowest BCUT2D eigenvalue weighted by atomic mass is 10.0. The molecule has 4 nitrogen and oxygen atoms in total. The van der Waals surface area contributed by atoms with Crippen molar-refractivity contribution in [3.63, 3.8) is 0 Å². The van der Waals surface area contributed by atoms with E-state index in [-0.39, 0.29) is 42.9 Å². The molecule has 0 heterocycles. The molecule has 0 unspecified atom stereocenters. The van der Waals surface area contributed by atoms with Crippen molar-refractivity contribution >= 4 is 11.8 Å². The lowest BCUT2D eigenvalue weighted by Crippen LogP contribution is -2.17. The molecule has 0 aliphatic heterocycles. The third-order valence-corrected chi connectivity index (χ3v) is 3.19. The van der Waals surface area contributed by atoms with Gasteiger partial charge in [-0.15, -0.1) is 13.2 Å². The van der Waals surface area contributed by atoms with Crippen LogP contribution in [0.2, 0.25) is 0 Å². The van der Waals surface area contributed by atoms with E-state index < -0.39 is 6.36 Å². The lowest BCUT2D eigenvalue weighted by molar-refractivity contribution is -0.274. The number of hydrogen-bond donors (Lipinski definition) is 0. The van der Waals surface area contributed by atoms with Crippen LogP contribution in [-0.2, 0) is 20.7 Å². The minimum absolute atomic E-state index is 0.00668. The third kappa shape index (κ3) is 7.17. The second-order valence-corrected chi connectivity index (χ2v) is 5.45. The van der Waals surface area contributed by atoms with Crippen molar-refractivity contribution in [3.8, 4) is 5.75 Å². The molecule has 1 fully saturated rings. The van der Waals surface area contributed by atoms with Gasteiger partial charge in [-0.1, -0.05) is 12.1 Å². The second kappa shape index (κ2) is 7.48. The summed E-state index contributed by atoms with van der Waals surface area (Å²) in [4.78, 5) is 23.2. The lowest BCUT2D eigenvalue weighted by Gasteiger charge is -2.09. The van der Waals surface area contributed by atoms with E-state index in [4.69, 9.17) is 4.74 Å². The molecule has 0 atom stereocenters. The predicted molar refractivity (Wildman–Crippen MR) is 74.8 cm³/mol. The summed E-state index contributed by atoms with van der Waals surface area (Å²) in [6.45, 7) is 0. The van der Waals surface area contributed by atoms with Gasteiger partial charge in [0, 0.05) is 19.3 Å². The topological polar surface area (TPSA) is 52.6 Å². The summed E-state index contributed by atoms with van der Waals surface area (Å²) < 4.78 is 45.3. The van der Waals surface area contributed by atoms with Gasteiger partial charge in [0.15, 0.2) is 0 Å². The van der Waals surface area contributed by atoms with Crippen molar-refractivity contribution in [2.75, 3.05) is 0 Å². The number of Topliss-reactive ketones (excluding diaryl/α,β-unsaturated/α-hetero) is 1. The Hall–Kier alpha value is -2.05. The predicted octanol–water partition coefficient (Wildman–Crippen LogP) is 3.57. The van der Waals surface area contributed by atoms with E-state index in [0.717, 1.165) is 12.8 Å². The molecule has 1 aliphatic carbocycles. The number of esters is 1. The van der Waals surface area contributed by atoms with Gasteiger partial charge < -0.3 is 9.47 Å². The molecule has 1 saturated carbocycles. The first-order valence-electron chi connectivity index (χ1n) is 7.38. The van der Waals surface area contributed by atoms with E-state index >= 15 is 0 Å². The summed E-state index contributed by atoms with van der Waals surface area (Å²) in [5.41, 5.74) is 0.442. The average Bonchev–Trinajstić information content (AvgIpc) is 3.20. The van der Waals surface area contributed by atoms with E-state index in [2.05, 4.69) is 4.74 Å². The number of carbonyl (C=O) groups excluding carboxylic acids is 2. The average molecular weight is 330 g/mol. The Morgan fingerprint density at radius 2 is 1.91 bits per heavy atom. The number of rotatable bonds is 8. The zero-order valence-corrected chi connectivity index (χ0v) is 12.4. The van der Waals surface area contributed by atoms with Gasteiger partial charge in [-0.2, -0.15) is 0 Å². The van der Waals surface area contributed by atoms with Crippen molar-refractivity contribution in [2.24, 2.45) is 0 Å². The highest BCUT2D eigenvalue weighted by atomic mass is 19.4. The molecular formula is C16H17F3O4. The Morgan fingerprint density at radius 1 is 1.17 bits per heavy atom. The molecule has 0 bridgehead atoms. The third-order valence-electron chi connectivity index (χ3n) is 3.19. The van der Waals surface area contributed by atoms with E-state index in [1.54, 1.807) is 6.07 Å². The highest BCUT2D eigenvalue weighted by Crippen LogP contribution is 2.25. The smallest absolute Gasteiger partial charge is 0.462 e. The summed E-state index contributed by atoms with van der Waals surface area (Å²) in [6.07, 6.45) is -2.15. The van der Waals surface area contributed by atoms with E-state index in [0.29, 0.717) is 12.0 Å². The fraction of sp³-hybridized carbons (Fsp3) is 0.500. The molecule has 0 saturated heterocycles. The zero-order chi connectivity index (χ0) is 16.9. The Kier molecular flexibility index (Phi) is 5.63. The molecule has 0 spiro atoms. The van der Waals surface area contributed by atoms with Crippen LogP contribution in [0.4, 0.5) is 13.2 Å². The van der Waals surface area contributed by atoms with E-state index in [1.165, 1.54) is 18.2 Å². The van der Waals surface area contributed by atoms with Gasteiger partial charge in [0.05, 0.1) is 0 Å². The first kappa shape index (κ1) is 17.3. The van der Waals surface area contributed by atoms with Crippen LogP contribution in [0.25, 0.3) is 0 Å². The fourth-order valence-electron chi connectivity index (χ4n) is 2.03. The number of benzene rings is 1. The Bertz CT molecular complexity index is 565. The van der Waals surface area contributed by atoms with Crippen LogP contribution in [0.5, 0.6) is 5.75 Å². The zero-order valence-electron chi connectivity index (χ0n) is 12.4. The molecule has 0 aromatic heterocycles. The van der Waals surface area contributed by atoms with Crippen molar-refractivity contribution in [3.05, 3.63) is 29.8 Å². The van der Waals surface area contributed by atoms with Crippen LogP contribution in [0.15, 0.2) is 24.3 Å². The Balaban J connectivity index is 1.73. The van der Waals surface area contributed by atoms with Gasteiger partial charge >= 0.3 is 12.3 Å². The Labute approximate surface area is 131 Å². The first-order valence-corrected chi connectivity index (χ1v) is 7.38. The highest BCUT2D eigenvalue weighted by molar-refractivity contribution is 5.81. The number of hydrogen-bond acceptors (Lipinski definition) is 4. The van der Waals surface area contributed by atoms with Gasteiger partial charge in [-0.05, 0) is 37.0 Å². The van der Waals surface area contributed by atoms with Crippen LogP contribution in [0.3, 0.4) is 0 Å². The van der Waals surface area contributed by atoms with E-state index in [9.17, 15) is 22.8 Å². The first-order chi connectivity index (χ1) is 10.8. The second-order valence-electron chi connectivity index (χ2n) is 5.45. The summed E-state index contributed by atoms with van der Waals surface area (Å²) in [5.74, 6) is -0.801. The number of halogens is 3. The number of alkyl halides is 3. The fourth-order valence-corrected chi connectivity index (χ4v) is 2.03. The molecule has 1 aromatic carbocycles. The van der Waals surface area contributed by atoms with Gasteiger partial charge in [0.25, 0.3) is 0 Å². The summed E-state index contributed by atoms with van der Waals surface area (Å²) in [7, 11) is 0. The minimum Gasteiger partial charge on any atom is -0.462 e. The molecule has 1 aromatic rings. The number of ketones is 1. The molecule has 2 rings (SSSR count). The molecule has 23 heavy (non-hydrogen) atoms. The largest absolute Gasteiger partial charge is 0.573 e. The maximum atomic E-state index is 12.1. The van der Waals surface area contributed by atoms with Crippen molar-refractivity contribution in [1.82, 2.24) is 0 Å². The molecule has 7 heteroatoms. The maximum Gasteiger partial charge on any atom is 0.573 e. The molecule has 0 radical (unpaired) electrons. The highest BCUT2D eigenvalue weighted by Gasteiger charge is 2.31. The summed E-state index contributed by atoms with van der Waals surface area (Å²) >= 11 is 0. The van der Waals surface area contributed by atoms with Crippen LogP contribution >= 0.6 is 0 Å². The monoisotopic (exact) mass is 330 g/mol. The van der Waals surface area contributed by atoms with E-state index in [1.807, 2.05) is 0 Å². The number of carbonyl (C=O) groups is 2. The number of ether oxygens (including phenoxy) is 2. The SMILES string of the molecule is O=C(CCCC(=O)OC1CC1)Cc1cccc(OC(F)(F)F)c1. The standard InChI is InChI=1S/C16H17F3O4/c17-16(18,19)23-14-5-1-3-11(10-14)9-12(20)4-2-6-15(21)22-13-7-8-13/h1,3,5,10,13H,2,4,6-9H2. The normalized spacial score (nSPS) is 14.4. The molecule has 0 amide bonds. The van der Waals surface area contributed by atoms with Crippen molar-refractivity contribution in [2.45, 2.75) is 51.0 Å². The molecular weight excluding hydrogens is 313 g/mol.